The van der Waals surface area contributed by atoms with Crippen molar-refractivity contribution in [1.82, 2.24) is 25.1 Å². The lowest BCUT2D eigenvalue weighted by atomic mass is 10.1. The molecular formula is C21H23N5O2. The van der Waals surface area contributed by atoms with Gasteiger partial charge >= 0.3 is 0 Å². The summed E-state index contributed by atoms with van der Waals surface area (Å²) in [6, 6.07) is 10.7. The monoisotopic (exact) mass is 377 g/mol. The van der Waals surface area contributed by atoms with Crippen molar-refractivity contribution in [1.29, 1.82) is 0 Å². The molecule has 144 valence electrons. The van der Waals surface area contributed by atoms with Crippen molar-refractivity contribution in [2.75, 3.05) is 0 Å². The van der Waals surface area contributed by atoms with Gasteiger partial charge in [0.1, 0.15) is 6.33 Å². The van der Waals surface area contributed by atoms with Gasteiger partial charge in [0.15, 0.2) is 11.6 Å². The van der Waals surface area contributed by atoms with Crippen molar-refractivity contribution in [3.8, 4) is 11.3 Å². The van der Waals surface area contributed by atoms with Crippen LogP contribution in [-0.2, 0) is 0 Å². The Morgan fingerprint density at radius 3 is 2.25 bits per heavy atom. The van der Waals surface area contributed by atoms with Gasteiger partial charge in [0.25, 0.3) is 5.91 Å². The highest BCUT2D eigenvalue weighted by atomic mass is 16.1. The maximum Gasteiger partial charge on any atom is 0.251 e. The van der Waals surface area contributed by atoms with Crippen molar-refractivity contribution >= 4 is 11.7 Å². The summed E-state index contributed by atoms with van der Waals surface area (Å²) in [6.07, 6.45) is 3.23. The number of rotatable bonds is 6. The fourth-order valence-electron chi connectivity index (χ4n) is 2.87. The average molecular weight is 377 g/mol. The normalized spacial score (nSPS) is 12.0. The smallest absolute Gasteiger partial charge is 0.251 e. The van der Waals surface area contributed by atoms with Crippen molar-refractivity contribution in [3.63, 3.8) is 0 Å². The van der Waals surface area contributed by atoms with Crippen molar-refractivity contribution in [2.24, 2.45) is 0 Å². The number of Topliss-reactive ketones (excluding diaryl/α,β-unsaturated/α-hetero) is 1. The second kappa shape index (κ2) is 8.12. The number of hydrogen-bond acceptors (Lipinski definition) is 5. The third-order valence-corrected chi connectivity index (χ3v) is 4.50. The van der Waals surface area contributed by atoms with Gasteiger partial charge in [-0.25, -0.2) is 0 Å². The minimum Gasteiger partial charge on any atom is -0.342 e. The fourth-order valence-corrected chi connectivity index (χ4v) is 2.87. The Bertz CT molecular complexity index is 975. The molecule has 2 heterocycles. The van der Waals surface area contributed by atoms with Gasteiger partial charge in [0, 0.05) is 28.9 Å². The molecule has 0 unspecified atom stereocenters. The number of amides is 1. The van der Waals surface area contributed by atoms with E-state index in [1.165, 1.54) is 6.92 Å². The molecule has 0 spiro atoms. The lowest BCUT2D eigenvalue weighted by Gasteiger charge is -2.17. The van der Waals surface area contributed by atoms with Crippen LogP contribution in [0.5, 0.6) is 0 Å². The summed E-state index contributed by atoms with van der Waals surface area (Å²) >= 11 is 0. The second-order valence-electron chi connectivity index (χ2n) is 6.95. The van der Waals surface area contributed by atoms with Crippen LogP contribution in [-0.4, -0.2) is 31.4 Å². The molecule has 1 amide bonds. The SMILES string of the molecule is CC(=O)c1ccc(-c2ccc(C(=O)N[C@H](C)c3nncn3C(C)C)cc2)nc1. The minimum atomic E-state index is -0.266. The third kappa shape index (κ3) is 4.14. The molecule has 0 saturated heterocycles. The molecule has 1 N–H and O–H groups in total. The molecule has 0 aliphatic heterocycles. The maximum absolute atomic E-state index is 12.6. The van der Waals surface area contributed by atoms with Crippen molar-refractivity contribution in [3.05, 3.63) is 65.9 Å². The third-order valence-electron chi connectivity index (χ3n) is 4.50. The van der Waals surface area contributed by atoms with Gasteiger partial charge in [-0.1, -0.05) is 12.1 Å². The van der Waals surface area contributed by atoms with Crippen LogP contribution in [0.1, 0.15) is 66.3 Å². The van der Waals surface area contributed by atoms with Crippen molar-refractivity contribution < 1.29 is 9.59 Å². The zero-order chi connectivity index (χ0) is 20.3. The first-order chi connectivity index (χ1) is 13.4. The van der Waals surface area contributed by atoms with E-state index in [9.17, 15) is 9.59 Å². The molecule has 1 atom stereocenters. The number of pyridine rings is 1. The highest BCUT2D eigenvalue weighted by molar-refractivity contribution is 5.95. The predicted molar refractivity (Wildman–Crippen MR) is 106 cm³/mol. The molecule has 28 heavy (non-hydrogen) atoms. The Morgan fingerprint density at radius 2 is 1.68 bits per heavy atom. The highest BCUT2D eigenvalue weighted by Gasteiger charge is 2.18. The van der Waals surface area contributed by atoms with Gasteiger partial charge < -0.3 is 9.88 Å². The van der Waals surface area contributed by atoms with Gasteiger partial charge in [-0.05, 0) is 52.0 Å². The molecular weight excluding hydrogens is 354 g/mol. The lowest BCUT2D eigenvalue weighted by Crippen LogP contribution is -2.29. The number of nitrogens with one attached hydrogen (secondary N) is 1. The van der Waals surface area contributed by atoms with E-state index in [-0.39, 0.29) is 23.8 Å². The molecule has 0 saturated carbocycles. The molecule has 3 rings (SSSR count). The van der Waals surface area contributed by atoms with Crippen LogP contribution in [0.15, 0.2) is 48.9 Å². The van der Waals surface area contributed by atoms with Gasteiger partial charge in [-0.2, -0.15) is 0 Å². The first-order valence-corrected chi connectivity index (χ1v) is 9.14. The van der Waals surface area contributed by atoms with E-state index in [0.29, 0.717) is 11.1 Å². The summed E-state index contributed by atoms with van der Waals surface area (Å²) in [4.78, 5) is 28.2. The Labute approximate surface area is 163 Å². The minimum absolute atomic E-state index is 0.0199. The number of carbonyl (C=O) groups excluding carboxylic acids is 2. The first-order valence-electron chi connectivity index (χ1n) is 9.14. The first kappa shape index (κ1) is 19.4. The quantitative estimate of drug-likeness (QED) is 0.663. The van der Waals surface area contributed by atoms with E-state index in [1.54, 1.807) is 36.8 Å². The second-order valence-corrected chi connectivity index (χ2v) is 6.95. The van der Waals surface area contributed by atoms with Gasteiger partial charge in [0.05, 0.1) is 11.7 Å². The molecule has 0 fully saturated rings. The lowest BCUT2D eigenvalue weighted by molar-refractivity contribution is 0.0936. The van der Waals surface area contributed by atoms with Gasteiger partial charge in [-0.3, -0.25) is 14.6 Å². The van der Waals surface area contributed by atoms with Crippen molar-refractivity contribution in [2.45, 2.75) is 39.8 Å². The van der Waals surface area contributed by atoms with Crippen LogP contribution < -0.4 is 5.32 Å². The number of hydrogen-bond donors (Lipinski definition) is 1. The maximum atomic E-state index is 12.6. The molecule has 7 nitrogen and oxygen atoms in total. The van der Waals surface area contributed by atoms with Crippen LogP contribution in [0, 0.1) is 0 Å². The predicted octanol–water partition coefficient (Wildman–Crippen LogP) is 3.61. The zero-order valence-corrected chi connectivity index (χ0v) is 16.4. The van der Waals surface area contributed by atoms with Crippen LogP contribution in [0.3, 0.4) is 0 Å². The van der Waals surface area contributed by atoms with Crippen LogP contribution >= 0.6 is 0 Å². The van der Waals surface area contributed by atoms with Gasteiger partial charge in [0.2, 0.25) is 0 Å². The summed E-state index contributed by atoms with van der Waals surface area (Å²) in [5, 5.41) is 11.0. The van der Waals surface area contributed by atoms with E-state index < -0.39 is 0 Å². The van der Waals surface area contributed by atoms with E-state index in [0.717, 1.165) is 17.1 Å². The topological polar surface area (TPSA) is 89.8 Å². The van der Waals surface area contributed by atoms with E-state index in [1.807, 2.05) is 37.5 Å². The summed E-state index contributed by atoms with van der Waals surface area (Å²) in [7, 11) is 0. The Balaban J connectivity index is 1.71. The molecule has 1 aromatic carbocycles. The average Bonchev–Trinajstić information content (AvgIpc) is 3.18. The number of ketones is 1. The molecule has 3 aromatic rings. The Kier molecular flexibility index (Phi) is 5.63. The Morgan fingerprint density at radius 1 is 1.00 bits per heavy atom. The van der Waals surface area contributed by atoms with E-state index in [2.05, 4.69) is 20.5 Å². The number of aromatic nitrogens is 4. The standard InChI is InChI=1S/C21H23N5O2/c1-13(2)26-12-23-25-20(26)14(3)24-21(28)17-7-5-16(6-8-17)19-10-9-18(11-22-19)15(4)27/h5-14H,1-4H3,(H,24,28)/t14-/m1/s1. The van der Waals surface area contributed by atoms with Crippen LogP contribution in [0.25, 0.3) is 11.3 Å². The molecule has 0 aliphatic rings. The number of benzene rings is 1. The largest absolute Gasteiger partial charge is 0.342 e. The number of carbonyl (C=O) groups is 2. The number of nitrogens with zero attached hydrogens (tertiary/aromatic N) is 4. The summed E-state index contributed by atoms with van der Waals surface area (Å²) < 4.78 is 1.93. The highest BCUT2D eigenvalue weighted by Crippen LogP contribution is 2.19. The van der Waals surface area contributed by atoms with Gasteiger partial charge in [-0.15, -0.1) is 10.2 Å². The molecule has 0 bridgehead atoms. The fraction of sp³-hybridized carbons (Fsp3) is 0.286. The zero-order valence-electron chi connectivity index (χ0n) is 16.4. The molecule has 0 radical (unpaired) electrons. The Hall–Kier alpha value is -3.35. The summed E-state index contributed by atoms with van der Waals surface area (Å²) in [6.45, 7) is 7.47. The van der Waals surface area contributed by atoms with E-state index in [4.69, 9.17) is 0 Å². The van der Waals surface area contributed by atoms with Crippen LogP contribution in [0.2, 0.25) is 0 Å². The summed E-state index contributed by atoms with van der Waals surface area (Å²) in [5.41, 5.74) is 2.74. The molecule has 7 heteroatoms. The summed E-state index contributed by atoms with van der Waals surface area (Å²) in [5.74, 6) is 0.514. The van der Waals surface area contributed by atoms with Crippen LogP contribution in [0.4, 0.5) is 0 Å². The molecule has 2 aromatic heterocycles. The molecule has 0 aliphatic carbocycles. The van der Waals surface area contributed by atoms with E-state index >= 15 is 0 Å².